The number of amides is 1. The second-order valence-corrected chi connectivity index (χ2v) is 6.42. The van der Waals surface area contributed by atoms with Crippen molar-refractivity contribution in [3.8, 4) is 0 Å². The van der Waals surface area contributed by atoms with Crippen molar-refractivity contribution in [1.82, 2.24) is 9.55 Å². The number of rotatable bonds is 5. The van der Waals surface area contributed by atoms with Crippen molar-refractivity contribution < 1.29 is 9.53 Å². The molecule has 0 unspecified atom stereocenters. The van der Waals surface area contributed by atoms with Crippen molar-refractivity contribution in [3.05, 3.63) is 51.4 Å². The van der Waals surface area contributed by atoms with Gasteiger partial charge in [-0.05, 0) is 30.7 Å². The number of hydrogen-bond donors (Lipinski definition) is 1. The third-order valence-corrected chi connectivity index (χ3v) is 4.38. The summed E-state index contributed by atoms with van der Waals surface area (Å²) >= 11 is 5.85. The van der Waals surface area contributed by atoms with Gasteiger partial charge in [0, 0.05) is 35.6 Å². The molecule has 0 bridgehead atoms. The number of anilines is 2. The highest BCUT2D eigenvalue weighted by Crippen LogP contribution is 2.15. The van der Waals surface area contributed by atoms with E-state index < -0.39 is 0 Å². The molecule has 0 spiro atoms. The van der Waals surface area contributed by atoms with E-state index >= 15 is 0 Å². The van der Waals surface area contributed by atoms with Crippen molar-refractivity contribution in [2.75, 3.05) is 36.5 Å². The summed E-state index contributed by atoms with van der Waals surface area (Å²) in [6.07, 6.45) is 0.657. The summed E-state index contributed by atoms with van der Waals surface area (Å²) in [6.45, 7) is 4.26. The highest BCUT2D eigenvalue weighted by molar-refractivity contribution is 6.30. The Morgan fingerprint density at radius 3 is 2.62 bits per heavy atom. The van der Waals surface area contributed by atoms with Gasteiger partial charge in [-0.25, -0.2) is 4.98 Å². The molecule has 2 aromatic rings. The minimum atomic E-state index is -0.296. The van der Waals surface area contributed by atoms with Crippen molar-refractivity contribution in [1.29, 1.82) is 0 Å². The zero-order valence-corrected chi connectivity index (χ0v) is 15.3. The first kappa shape index (κ1) is 18.4. The maximum Gasteiger partial charge on any atom is 0.255 e. The van der Waals surface area contributed by atoms with Gasteiger partial charge in [0.15, 0.2) is 0 Å². The lowest BCUT2D eigenvalue weighted by Crippen LogP contribution is -2.42. The Morgan fingerprint density at radius 2 is 1.96 bits per heavy atom. The third kappa shape index (κ3) is 4.42. The molecule has 1 aliphatic heterocycles. The first-order valence-corrected chi connectivity index (χ1v) is 8.93. The second kappa shape index (κ2) is 8.33. The standard InChI is InChI=1S/C18H21ClN4O3/c1-2-14-11-17(25)23(18(21-14)22-7-9-26-10-8-22)12-16(24)20-15-5-3-13(19)4-6-15/h3-6,11H,2,7-10,12H2,1H3,(H,20,24). The molecule has 0 aliphatic carbocycles. The first-order valence-electron chi connectivity index (χ1n) is 8.55. The summed E-state index contributed by atoms with van der Waals surface area (Å²) in [5.41, 5.74) is 1.11. The average Bonchev–Trinajstić information content (AvgIpc) is 2.65. The van der Waals surface area contributed by atoms with E-state index in [0.29, 0.717) is 55.1 Å². The Labute approximate surface area is 156 Å². The predicted octanol–water partition coefficient (Wildman–Crippen LogP) is 1.93. The van der Waals surface area contributed by atoms with E-state index in [9.17, 15) is 9.59 Å². The molecule has 0 radical (unpaired) electrons. The van der Waals surface area contributed by atoms with Crippen LogP contribution in [0.25, 0.3) is 0 Å². The van der Waals surface area contributed by atoms with Gasteiger partial charge in [-0.1, -0.05) is 18.5 Å². The maximum atomic E-state index is 12.6. The molecule has 2 heterocycles. The number of carbonyl (C=O) groups excluding carboxylic acids is 1. The molecule has 26 heavy (non-hydrogen) atoms. The predicted molar refractivity (Wildman–Crippen MR) is 101 cm³/mol. The normalized spacial score (nSPS) is 14.3. The lowest BCUT2D eigenvalue weighted by atomic mass is 10.3. The van der Waals surface area contributed by atoms with Crippen LogP contribution in [0.2, 0.25) is 5.02 Å². The smallest absolute Gasteiger partial charge is 0.255 e. The molecule has 0 saturated carbocycles. The molecular weight excluding hydrogens is 356 g/mol. The Balaban J connectivity index is 1.84. The number of hydrogen-bond acceptors (Lipinski definition) is 5. The molecule has 1 N–H and O–H groups in total. The average molecular weight is 377 g/mol. The van der Waals surface area contributed by atoms with Crippen LogP contribution in [0.4, 0.5) is 11.6 Å². The van der Waals surface area contributed by atoms with Crippen LogP contribution in [0.1, 0.15) is 12.6 Å². The third-order valence-electron chi connectivity index (χ3n) is 4.13. The van der Waals surface area contributed by atoms with Crippen LogP contribution in [-0.4, -0.2) is 41.8 Å². The number of nitrogens with zero attached hydrogens (tertiary/aromatic N) is 3. The number of nitrogens with one attached hydrogen (secondary N) is 1. The number of aromatic nitrogens is 2. The summed E-state index contributed by atoms with van der Waals surface area (Å²) in [5, 5.41) is 3.37. The largest absolute Gasteiger partial charge is 0.378 e. The van der Waals surface area contributed by atoms with Gasteiger partial charge >= 0.3 is 0 Å². The molecule has 7 nitrogen and oxygen atoms in total. The van der Waals surface area contributed by atoms with Gasteiger partial charge in [0.05, 0.1) is 13.2 Å². The molecule has 0 atom stereocenters. The molecular formula is C18H21ClN4O3. The second-order valence-electron chi connectivity index (χ2n) is 5.98. The lowest BCUT2D eigenvalue weighted by molar-refractivity contribution is -0.116. The van der Waals surface area contributed by atoms with Gasteiger partial charge in [0.2, 0.25) is 11.9 Å². The molecule has 8 heteroatoms. The zero-order chi connectivity index (χ0) is 18.5. The molecule has 1 fully saturated rings. The summed E-state index contributed by atoms with van der Waals surface area (Å²) in [6, 6.07) is 8.30. The number of carbonyl (C=O) groups is 1. The van der Waals surface area contributed by atoms with Gasteiger partial charge < -0.3 is 15.0 Å². The van der Waals surface area contributed by atoms with Crippen molar-refractivity contribution in [2.24, 2.45) is 0 Å². The lowest BCUT2D eigenvalue weighted by Gasteiger charge is -2.29. The topological polar surface area (TPSA) is 76.5 Å². The van der Waals surface area contributed by atoms with E-state index in [-0.39, 0.29) is 18.0 Å². The van der Waals surface area contributed by atoms with E-state index in [2.05, 4.69) is 10.3 Å². The molecule has 1 amide bonds. The van der Waals surface area contributed by atoms with Crippen LogP contribution >= 0.6 is 11.6 Å². The zero-order valence-electron chi connectivity index (χ0n) is 14.6. The fourth-order valence-corrected chi connectivity index (χ4v) is 2.88. The minimum absolute atomic E-state index is 0.106. The summed E-state index contributed by atoms with van der Waals surface area (Å²) in [4.78, 5) is 31.6. The van der Waals surface area contributed by atoms with Crippen LogP contribution in [0.3, 0.4) is 0 Å². The van der Waals surface area contributed by atoms with Gasteiger partial charge in [-0.3, -0.25) is 14.2 Å². The molecule has 1 aromatic carbocycles. The Kier molecular flexibility index (Phi) is 5.90. The fourth-order valence-electron chi connectivity index (χ4n) is 2.75. The molecule has 1 saturated heterocycles. The van der Waals surface area contributed by atoms with E-state index in [1.807, 2.05) is 11.8 Å². The van der Waals surface area contributed by atoms with Crippen LogP contribution in [0.5, 0.6) is 0 Å². The molecule has 138 valence electrons. The number of aryl methyl sites for hydroxylation is 1. The van der Waals surface area contributed by atoms with Crippen molar-refractivity contribution in [2.45, 2.75) is 19.9 Å². The van der Waals surface area contributed by atoms with E-state index in [1.165, 1.54) is 10.6 Å². The van der Waals surface area contributed by atoms with Crippen LogP contribution < -0.4 is 15.8 Å². The highest BCUT2D eigenvalue weighted by atomic mass is 35.5. The van der Waals surface area contributed by atoms with Crippen molar-refractivity contribution in [3.63, 3.8) is 0 Å². The summed E-state index contributed by atoms with van der Waals surface area (Å²) in [5.74, 6) is 0.221. The number of ether oxygens (including phenoxy) is 1. The van der Waals surface area contributed by atoms with Gasteiger partial charge in [0.25, 0.3) is 5.56 Å². The van der Waals surface area contributed by atoms with Gasteiger partial charge in [0.1, 0.15) is 6.54 Å². The van der Waals surface area contributed by atoms with E-state index in [0.717, 1.165) is 0 Å². The molecule has 3 rings (SSSR count). The Hall–Kier alpha value is -2.38. The number of morpholine rings is 1. The number of benzene rings is 1. The van der Waals surface area contributed by atoms with Gasteiger partial charge in [-0.2, -0.15) is 0 Å². The Morgan fingerprint density at radius 1 is 1.27 bits per heavy atom. The maximum absolute atomic E-state index is 12.6. The van der Waals surface area contributed by atoms with Gasteiger partial charge in [-0.15, -0.1) is 0 Å². The SMILES string of the molecule is CCc1cc(=O)n(CC(=O)Nc2ccc(Cl)cc2)c(N2CCOCC2)n1. The van der Waals surface area contributed by atoms with Crippen LogP contribution in [0, 0.1) is 0 Å². The first-order chi connectivity index (χ1) is 12.6. The van der Waals surface area contributed by atoms with Crippen LogP contribution in [-0.2, 0) is 22.5 Å². The number of halogens is 1. The monoisotopic (exact) mass is 376 g/mol. The van der Waals surface area contributed by atoms with Crippen molar-refractivity contribution >= 4 is 29.1 Å². The van der Waals surface area contributed by atoms with E-state index in [1.54, 1.807) is 24.3 Å². The molecule has 1 aliphatic rings. The van der Waals surface area contributed by atoms with E-state index in [4.69, 9.17) is 16.3 Å². The minimum Gasteiger partial charge on any atom is -0.378 e. The summed E-state index contributed by atoms with van der Waals surface area (Å²) in [7, 11) is 0. The quantitative estimate of drug-likeness (QED) is 0.862. The van der Waals surface area contributed by atoms with Crippen LogP contribution in [0.15, 0.2) is 35.1 Å². The molecule has 1 aromatic heterocycles. The Bertz CT molecular complexity index is 829. The highest BCUT2D eigenvalue weighted by Gasteiger charge is 2.19. The summed E-state index contributed by atoms with van der Waals surface area (Å²) < 4.78 is 6.78. The fraction of sp³-hybridized carbons (Fsp3) is 0.389.